The van der Waals surface area contributed by atoms with Crippen molar-refractivity contribution in [1.29, 1.82) is 0 Å². The molecule has 1 heterocycles. The fraction of sp³-hybridized carbons (Fsp3) is 0.700. The summed E-state index contributed by atoms with van der Waals surface area (Å²) in [5, 5.41) is 4.45. The van der Waals surface area contributed by atoms with Crippen LogP contribution in [-0.2, 0) is 17.0 Å². The highest BCUT2D eigenvalue weighted by atomic mass is 79.9. The van der Waals surface area contributed by atoms with Crippen molar-refractivity contribution >= 4 is 27.7 Å². The first kappa shape index (κ1) is 13.1. The van der Waals surface area contributed by atoms with Gasteiger partial charge in [0.15, 0.2) is 0 Å². The molecular formula is C10H17BrN2OS. The van der Waals surface area contributed by atoms with Crippen LogP contribution in [0.25, 0.3) is 0 Å². The Hall–Kier alpha value is -0.0000000000000000763. The highest BCUT2D eigenvalue weighted by Crippen LogP contribution is 2.24. The molecule has 0 bridgehead atoms. The lowest BCUT2D eigenvalue weighted by molar-refractivity contribution is 0.218. The van der Waals surface area contributed by atoms with Gasteiger partial charge in [0.1, 0.15) is 0 Å². The minimum atomic E-state index is 0.807. The third kappa shape index (κ3) is 3.50. The third-order valence-electron chi connectivity index (χ3n) is 2.12. The maximum absolute atomic E-state index is 5.02. The molecule has 0 saturated heterocycles. The van der Waals surface area contributed by atoms with E-state index in [4.69, 9.17) is 4.74 Å². The van der Waals surface area contributed by atoms with E-state index in [-0.39, 0.29) is 0 Å². The van der Waals surface area contributed by atoms with E-state index in [1.165, 1.54) is 5.69 Å². The lowest BCUT2D eigenvalue weighted by Gasteiger charge is -2.05. The van der Waals surface area contributed by atoms with Gasteiger partial charge in [0.25, 0.3) is 0 Å². The highest BCUT2D eigenvalue weighted by molar-refractivity contribution is 9.10. The molecule has 5 heteroatoms. The maximum atomic E-state index is 5.02. The summed E-state index contributed by atoms with van der Waals surface area (Å²) in [6, 6.07) is 0. The molecule has 86 valence electrons. The predicted molar refractivity (Wildman–Crippen MR) is 68.4 cm³/mol. The fourth-order valence-corrected chi connectivity index (χ4v) is 2.84. The summed E-state index contributed by atoms with van der Waals surface area (Å²) >= 11 is 5.46. The van der Waals surface area contributed by atoms with Crippen LogP contribution in [0, 0.1) is 6.92 Å². The Bertz CT molecular complexity index is 315. The normalized spacial score (nSPS) is 10.9. The summed E-state index contributed by atoms with van der Waals surface area (Å²) in [6.45, 7) is 5.87. The zero-order valence-electron chi connectivity index (χ0n) is 9.42. The number of methoxy groups -OCH3 is 1. The molecule has 0 unspecified atom stereocenters. The molecular weight excluding hydrogens is 276 g/mol. The van der Waals surface area contributed by atoms with Crippen LogP contribution in [0.15, 0.2) is 4.47 Å². The Labute approximate surface area is 104 Å². The second-order valence-corrected chi connectivity index (χ2v) is 5.11. The Morgan fingerprint density at radius 3 is 2.87 bits per heavy atom. The van der Waals surface area contributed by atoms with Gasteiger partial charge >= 0.3 is 0 Å². The Morgan fingerprint density at radius 2 is 2.27 bits per heavy atom. The molecule has 1 aromatic rings. The van der Waals surface area contributed by atoms with Crippen LogP contribution < -0.4 is 0 Å². The van der Waals surface area contributed by atoms with Crippen LogP contribution in [0.4, 0.5) is 0 Å². The van der Waals surface area contributed by atoms with E-state index in [0.29, 0.717) is 0 Å². The number of thioether (sulfide) groups is 1. The average Bonchev–Trinajstić information content (AvgIpc) is 2.51. The molecule has 0 N–H and O–H groups in total. The largest absolute Gasteiger partial charge is 0.384 e. The van der Waals surface area contributed by atoms with Gasteiger partial charge in [0.05, 0.1) is 22.5 Å². The molecule has 0 fully saturated rings. The van der Waals surface area contributed by atoms with Crippen molar-refractivity contribution in [3.63, 3.8) is 0 Å². The van der Waals surface area contributed by atoms with E-state index in [2.05, 4.69) is 32.6 Å². The van der Waals surface area contributed by atoms with Crippen molar-refractivity contribution in [2.45, 2.75) is 26.1 Å². The Morgan fingerprint density at radius 1 is 1.53 bits per heavy atom. The average molecular weight is 293 g/mol. The number of rotatable bonds is 6. The number of hydrogen-bond donors (Lipinski definition) is 0. The first-order valence-corrected chi connectivity index (χ1v) is 6.94. The van der Waals surface area contributed by atoms with Gasteiger partial charge in [-0.05, 0) is 29.8 Å². The van der Waals surface area contributed by atoms with Crippen LogP contribution in [0.3, 0.4) is 0 Å². The van der Waals surface area contributed by atoms with Crippen LogP contribution in [0.2, 0.25) is 0 Å². The van der Waals surface area contributed by atoms with Crippen molar-refractivity contribution in [2.24, 2.45) is 0 Å². The number of ether oxygens (including phenoxy) is 1. The number of hydrogen-bond acceptors (Lipinski definition) is 3. The molecule has 0 aliphatic carbocycles. The quantitative estimate of drug-likeness (QED) is 0.755. The van der Waals surface area contributed by atoms with Crippen molar-refractivity contribution in [3.8, 4) is 0 Å². The SMILES string of the molecule is CCn1nc(C)c(Br)c1CSCCOC. The minimum absolute atomic E-state index is 0.807. The molecule has 0 aliphatic rings. The molecule has 0 spiro atoms. The monoisotopic (exact) mass is 292 g/mol. The molecule has 3 nitrogen and oxygen atoms in total. The van der Waals surface area contributed by atoms with Crippen molar-refractivity contribution in [3.05, 3.63) is 15.9 Å². The zero-order chi connectivity index (χ0) is 11.3. The Balaban J connectivity index is 2.58. The van der Waals surface area contributed by atoms with Crippen LogP contribution in [0.5, 0.6) is 0 Å². The first-order chi connectivity index (χ1) is 7.20. The molecule has 1 aromatic heterocycles. The number of halogens is 1. The lowest BCUT2D eigenvalue weighted by atomic mass is 10.4. The lowest BCUT2D eigenvalue weighted by Crippen LogP contribution is -2.02. The van der Waals surface area contributed by atoms with E-state index in [9.17, 15) is 0 Å². The topological polar surface area (TPSA) is 27.1 Å². The molecule has 0 atom stereocenters. The summed E-state index contributed by atoms with van der Waals surface area (Å²) in [7, 11) is 1.73. The standard InChI is InChI=1S/C10H17BrN2OS/c1-4-13-9(7-15-6-5-14-3)10(11)8(2)12-13/h4-7H2,1-3H3. The number of aromatic nitrogens is 2. The zero-order valence-corrected chi connectivity index (χ0v) is 11.8. The van der Waals surface area contributed by atoms with Crippen LogP contribution in [-0.4, -0.2) is 29.3 Å². The van der Waals surface area contributed by atoms with E-state index in [1.54, 1.807) is 7.11 Å². The fourth-order valence-electron chi connectivity index (χ4n) is 1.32. The van der Waals surface area contributed by atoms with Gasteiger partial charge < -0.3 is 4.74 Å². The van der Waals surface area contributed by atoms with Crippen molar-refractivity contribution in [2.75, 3.05) is 19.5 Å². The summed E-state index contributed by atoms with van der Waals surface area (Å²) in [4.78, 5) is 0. The van der Waals surface area contributed by atoms with E-state index >= 15 is 0 Å². The molecule has 0 saturated carbocycles. The van der Waals surface area contributed by atoms with Gasteiger partial charge in [0, 0.05) is 25.2 Å². The van der Waals surface area contributed by atoms with E-state index < -0.39 is 0 Å². The van der Waals surface area contributed by atoms with Gasteiger partial charge in [-0.1, -0.05) is 0 Å². The summed E-state index contributed by atoms with van der Waals surface area (Å²) in [6.07, 6.45) is 0. The molecule has 0 aliphatic heterocycles. The van der Waals surface area contributed by atoms with Crippen molar-refractivity contribution in [1.82, 2.24) is 9.78 Å². The third-order valence-corrected chi connectivity index (χ3v) is 4.09. The smallest absolute Gasteiger partial charge is 0.0739 e. The summed E-state index contributed by atoms with van der Waals surface area (Å²) in [5.74, 6) is 2.01. The van der Waals surface area contributed by atoms with Crippen LogP contribution >= 0.6 is 27.7 Å². The summed E-state index contributed by atoms with van der Waals surface area (Å²) in [5.41, 5.74) is 2.34. The van der Waals surface area contributed by atoms with Crippen LogP contribution in [0.1, 0.15) is 18.3 Å². The molecule has 0 aromatic carbocycles. The van der Waals surface area contributed by atoms with Gasteiger partial charge in [-0.15, -0.1) is 0 Å². The second kappa shape index (κ2) is 6.55. The maximum Gasteiger partial charge on any atom is 0.0739 e. The molecule has 15 heavy (non-hydrogen) atoms. The van der Waals surface area contributed by atoms with Gasteiger partial charge in [-0.25, -0.2) is 0 Å². The van der Waals surface area contributed by atoms with E-state index in [1.807, 2.05) is 18.7 Å². The predicted octanol–water partition coefficient (Wildman–Crippen LogP) is 2.85. The van der Waals surface area contributed by atoms with Gasteiger partial charge in [0.2, 0.25) is 0 Å². The van der Waals surface area contributed by atoms with Crippen molar-refractivity contribution < 1.29 is 4.74 Å². The second-order valence-electron chi connectivity index (χ2n) is 3.21. The molecule has 0 radical (unpaired) electrons. The number of nitrogens with zero attached hydrogens (tertiary/aromatic N) is 2. The number of aryl methyl sites for hydroxylation is 2. The molecule has 0 amide bonds. The van der Waals surface area contributed by atoms with Gasteiger partial charge in [-0.3, -0.25) is 4.68 Å². The van der Waals surface area contributed by atoms with Gasteiger partial charge in [-0.2, -0.15) is 16.9 Å². The Kier molecular flexibility index (Phi) is 5.71. The first-order valence-electron chi connectivity index (χ1n) is 4.99. The van der Waals surface area contributed by atoms with E-state index in [0.717, 1.165) is 34.8 Å². The minimum Gasteiger partial charge on any atom is -0.384 e. The molecule has 1 rings (SSSR count). The highest BCUT2D eigenvalue weighted by Gasteiger charge is 2.11. The summed E-state index contributed by atoms with van der Waals surface area (Å²) < 4.78 is 8.22.